The van der Waals surface area contributed by atoms with Gasteiger partial charge in [-0.15, -0.1) is 0 Å². The second-order valence-corrected chi connectivity index (χ2v) is 8.23. The first-order chi connectivity index (χ1) is 15.1. The highest BCUT2D eigenvalue weighted by Gasteiger charge is 2.31. The van der Waals surface area contributed by atoms with E-state index < -0.39 is 5.97 Å². The summed E-state index contributed by atoms with van der Waals surface area (Å²) in [6.07, 6.45) is 1.79. The predicted octanol–water partition coefficient (Wildman–Crippen LogP) is 3.74. The van der Waals surface area contributed by atoms with Crippen molar-refractivity contribution in [2.45, 2.75) is 25.8 Å². The number of fused-ring (bicyclic) bond motifs is 1. The van der Waals surface area contributed by atoms with Gasteiger partial charge in [0.25, 0.3) is 0 Å². The zero-order valence-corrected chi connectivity index (χ0v) is 18.0. The van der Waals surface area contributed by atoms with Crippen molar-refractivity contribution < 1.29 is 19.4 Å². The van der Waals surface area contributed by atoms with Gasteiger partial charge in [-0.1, -0.05) is 18.2 Å². The summed E-state index contributed by atoms with van der Waals surface area (Å²) in [7, 11) is 3.31. The Morgan fingerprint density at radius 1 is 1.16 bits per heavy atom. The van der Waals surface area contributed by atoms with Crippen LogP contribution in [0.2, 0.25) is 0 Å². The van der Waals surface area contributed by atoms with E-state index in [1.807, 2.05) is 30.3 Å². The molecule has 2 atom stereocenters. The lowest BCUT2D eigenvalue weighted by atomic mass is 9.81. The summed E-state index contributed by atoms with van der Waals surface area (Å²) < 4.78 is 10.7. The Balaban J connectivity index is 1.50. The first kappa shape index (κ1) is 21.2. The molecule has 1 aromatic heterocycles. The number of aromatic nitrogens is 2. The van der Waals surface area contributed by atoms with Gasteiger partial charge in [-0.25, -0.2) is 4.98 Å². The van der Waals surface area contributed by atoms with Crippen molar-refractivity contribution in [3.05, 3.63) is 53.9 Å². The molecule has 4 rings (SSSR count). The summed E-state index contributed by atoms with van der Waals surface area (Å²) in [5.41, 5.74) is 2.99. The third kappa shape index (κ3) is 4.99. The van der Waals surface area contributed by atoms with Crippen LogP contribution in [0.3, 0.4) is 0 Å². The number of methoxy groups -OCH3 is 2. The molecular formula is C24H29N3O4. The lowest BCUT2D eigenvalue weighted by Gasteiger charge is -2.38. The molecule has 1 aliphatic heterocycles. The Morgan fingerprint density at radius 2 is 1.97 bits per heavy atom. The summed E-state index contributed by atoms with van der Waals surface area (Å²) in [4.78, 5) is 22.0. The minimum absolute atomic E-state index is 0.139. The van der Waals surface area contributed by atoms with Crippen LogP contribution in [0.25, 0.3) is 11.0 Å². The molecule has 7 heteroatoms. The van der Waals surface area contributed by atoms with Gasteiger partial charge in [-0.2, -0.15) is 0 Å². The Hall–Kier alpha value is -3.06. The van der Waals surface area contributed by atoms with E-state index in [-0.39, 0.29) is 18.3 Å². The highest BCUT2D eigenvalue weighted by molar-refractivity contribution is 5.81. The average molecular weight is 424 g/mol. The molecule has 164 valence electrons. The van der Waals surface area contributed by atoms with Crippen molar-refractivity contribution >= 4 is 17.0 Å². The van der Waals surface area contributed by atoms with Gasteiger partial charge in [0, 0.05) is 25.9 Å². The zero-order chi connectivity index (χ0) is 21.8. The first-order valence-corrected chi connectivity index (χ1v) is 10.6. The maximum atomic E-state index is 11.5. The number of carboxylic acids is 1. The minimum Gasteiger partial charge on any atom is -0.497 e. The molecule has 7 nitrogen and oxygen atoms in total. The van der Waals surface area contributed by atoms with Gasteiger partial charge >= 0.3 is 5.97 Å². The molecule has 3 aromatic rings. The maximum Gasteiger partial charge on any atom is 0.303 e. The number of para-hydroxylation sites is 1. The molecule has 1 saturated heterocycles. The van der Waals surface area contributed by atoms with E-state index in [1.165, 1.54) is 5.56 Å². The molecule has 0 radical (unpaired) electrons. The molecule has 0 bridgehead atoms. The SMILES string of the molecule is COc1ccc(CN2CCC(CC(=O)O)C(Cc3nc4c(OC)cccc4[nH]3)C2)cc1. The fourth-order valence-electron chi connectivity index (χ4n) is 4.58. The van der Waals surface area contributed by atoms with Crippen LogP contribution >= 0.6 is 0 Å². The number of ether oxygens (including phenoxy) is 2. The fourth-order valence-corrected chi connectivity index (χ4v) is 4.58. The van der Waals surface area contributed by atoms with Crippen molar-refractivity contribution in [1.29, 1.82) is 0 Å². The third-order valence-corrected chi connectivity index (χ3v) is 6.18. The number of aromatic amines is 1. The van der Waals surface area contributed by atoms with Crippen molar-refractivity contribution in [1.82, 2.24) is 14.9 Å². The number of aliphatic carboxylic acids is 1. The maximum absolute atomic E-state index is 11.5. The second-order valence-electron chi connectivity index (χ2n) is 8.23. The second kappa shape index (κ2) is 9.39. The molecule has 2 unspecified atom stereocenters. The normalized spacial score (nSPS) is 19.4. The molecule has 0 saturated carbocycles. The number of nitrogens with zero attached hydrogens (tertiary/aromatic N) is 2. The Bertz CT molecular complexity index is 1030. The number of hydrogen-bond acceptors (Lipinski definition) is 5. The summed E-state index contributed by atoms with van der Waals surface area (Å²) in [6.45, 7) is 2.58. The number of H-pyrrole nitrogens is 1. The number of rotatable bonds is 8. The average Bonchev–Trinajstić information content (AvgIpc) is 3.18. The van der Waals surface area contributed by atoms with Crippen LogP contribution in [0, 0.1) is 11.8 Å². The Morgan fingerprint density at radius 3 is 2.68 bits per heavy atom. The number of carboxylic acid groups (broad SMARTS) is 1. The summed E-state index contributed by atoms with van der Waals surface area (Å²) in [5.74, 6) is 2.10. The summed E-state index contributed by atoms with van der Waals surface area (Å²) in [6, 6.07) is 14.0. The smallest absolute Gasteiger partial charge is 0.303 e. The van der Waals surface area contributed by atoms with Gasteiger partial charge in [0.05, 0.1) is 19.7 Å². The lowest BCUT2D eigenvalue weighted by molar-refractivity contribution is -0.139. The monoisotopic (exact) mass is 423 g/mol. The number of carbonyl (C=O) groups is 1. The van der Waals surface area contributed by atoms with E-state index in [9.17, 15) is 9.90 Å². The summed E-state index contributed by atoms with van der Waals surface area (Å²) >= 11 is 0. The highest BCUT2D eigenvalue weighted by atomic mass is 16.5. The lowest BCUT2D eigenvalue weighted by Crippen LogP contribution is -2.41. The number of imidazole rings is 1. The van der Waals surface area contributed by atoms with Gasteiger partial charge in [0.1, 0.15) is 22.8 Å². The van der Waals surface area contributed by atoms with Gasteiger partial charge in [0.15, 0.2) is 0 Å². The number of nitrogens with one attached hydrogen (secondary N) is 1. The van der Waals surface area contributed by atoms with Gasteiger partial charge in [-0.3, -0.25) is 9.69 Å². The molecule has 2 aromatic carbocycles. The number of likely N-dealkylation sites (tertiary alicyclic amines) is 1. The highest BCUT2D eigenvalue weighted by Crippen LogP contribution is 2.31. The zero-order valence-electron chi connectivity index (χ0n) is 18.0. The quantitative estimate of drug-likeness (QED) is 0.574. The van der Waals surface area contributed by atoms with E-state index in [2.05, 4.69) is 22.0 Å². The van der Waals surface area contributed by atoms with Crippen molar-refractivity contribution in [2.24, 2.45) is 11.8 Å². The molecule has 2 N–H and O–H groups in total. The molecular weight excluding hydrogens is 394 g/mol. The van der Waals surface area contributed by atoms with Crippen molar-refractivity contribution in [3.8, 4) is 11.5 Å². The van der Waals surface area contributed by atoms with Crippen LogP contribution < -0.4 is 9.47 Å². The van der Waals surface area contributed by atoms with Gasteiger partial charge in [0.2, 0.25) is 0 Å². The van der Waals surface area contributed by atoms with Crippen molar-refractivity contribution in [2.75, 3.05) is 27.3 Å². The van der Waals surface area contributed by atoms with Crippen LogP contribution in [0.1, 0.15) is 24.2 Å². The molecule has 0 amide bonds. The molecule has 31 heavy (non-hydrogen) atoms. The molecule has 2 heterocycles. The minimum atomic E-state index is -0.732. The van der Waals surface area contributed by atoms with Crippen LogP contribution in [0.4, 0.5) is 0 Å². The van der Waals surface area contributed by atoms with E-state index in [1.54, 1.807) is 14.2 Å². The largest absolute Gasteiger partial charge is 0.497 e. The van der Waals surface area contributed by atoms with E-state index >= 15 is 0 Å². The molecule has 1 aliphatic rings. The van der Waals surface area contributed by atoms with Crippen LogP contribution in [0.5, 0.6) is 11.5 Å². The topological polar surface area (TPSA) is 87.7 Å². The number of hydrogen-bond donors (Lipinski definition) is 2. The van der Waals surface area contributed by atoms with Crippen molar-refractivity contribution in [3.63, 3.8) is 0 Å². The van der Waals surface area contributed by atoms with Crippen LogP contribution in [-0.2, 0) is 17.8 Å². The third-order valence-electron chi connectivity index (χ3n) is 6.18. The van der Waals surface area contributed by atoms with Gasteiger partial charge in [-0.05, 0) is 54.6 Å². The summed E-state index contributed by atoms with van der Waals surface area (Å²) in [5, 5.41) is 9.42. The fraction of sp³-hybridized carbons (Fsp3) is 0.417. The Kier molecular flexibility index (Phi) is 6.42. The van der Waals surface area contributed by atoms with Gasteiger partial charge < -0.3 is 19.6 Å². The van der Waals surface area contributed by atoms with Crippen LogP contribution in [-0.4, -0.2) is 53.3 Å². The van der Waals surface area contributed by atoms with E-state index in [0.29, 0.717) is 0 Å². The van der Waals surface area contributed by atoms with E-state index in [4.69, 9.17) is 14.5 Å². The van der Waals surface area contributed by atoms with Crippen LogP contribution in [0.15, 0.2) is 42.5 Å². The van der Waals surface area contributed by atoms with E-state index in [0.717, 1.165) is 60.8 Å². The predicted molar refractivity (Wildman–Crippen MR) is 118 cm³/mol. The molecule has 0 aliphatic carbocycles. The number of benzene rings is 2. The standard InChI is InChI=1S/C24H29N3O4/c1-30-19-8-6-16(7-9-19)14-27-11-10-17(13-23(28)29)18(15-27)12-22-25-20-4-3-5-21(31-2)24(20)26-22/h3-9,17-18H,10-15H2,1-2H3,(H,25,26)(H,28,29). The number of piperidine rings is 1. The molecule has 0 spiro atoms. The Labute approximate surface area is 182 Å². The molecule has 1 fully saturated rings. The first-order valence-electron chi connectivity index (χ1n) is 10.6.